The van der Waals surface area contributed by atoms with Crippen LogP contribution in [0, 0.1) is 0 Å². The lowest BCUT2D eigenvalue weighted by Gasteiger charge is -2.36. The van der Waals surface area contributed by atoms with Gasteiger partial charge in [0.05, 0.1) is 11.1 Å². The minimum Gasteiger partial charge on any atom is -0.310 e. The van der Waals surface area contributed by atoms with Gasteiger partial charge in [0.15, 0.2) is 0 Å². The number of fused-ring (bicyclic) bond motifs is 12. The van der Waals surface area contributed by atoms with Crippen LogP contribution in [0.1, 0.15) is 80.5 Å². The van der Waals surface area contributed by atoms with E-state index in [9.17, 15) is 0 Å². The summed E-state index contributed by atoms with van der Waals surface area (Å²) in [6.45, 7) is 14.0. The van der Waals surface area contributed by atoms with E-state index in [2.05, 4.69) is 283 Å². The third-order valence-corrected chi connectivity index (χ3v) is 16.7. The summed E-state index contributed by atoms with van der Waals surface area (Å²) in [5, 5.41) is 4.99. The lowest BCUT2D eigenvalue weighted by molar-refractivity contribution is 0.660. The highest BCUT2D eigenvalue weighted by Gasteiger charge is 2.47. The average molecular weight is 924 g/mol. The van der Waals surface area contributed by atoms with Crippen LogP contribution < -0.4 is 4.90 Å². The maximum absolute atomic E-state index is 2.60. The number of nitrogens with zero attached hydrogens (tertiary/aromatic N) is 1. The molecular weight excluding hydrogens is 867 g/mol. The zero-order valence-corrected chi connectivity index (χ0v) is 42.0. The van der Waals surface area contributed by atoms with Gasteiger partial charge in [-0.15, -0.1) is 0 Å². The summed E-state index contributed by atoms with van der Waals surface area (Å²) in [5.74, 6) is 0. The number of anilines is 3. The van der Waals surface area contributed by atoms with Gasteiger partial charge in [-0.05, 0) is 156 Å². The fraction of sp³-hybridized carbons (Fsp3) is 0.127. The summed E-state index contributed by atoms with van der Waals surface area (Å²) in [5.41, 5.74) is 23.1. The van der Waals surface area contributed by atoms with E-state index in [0.29, 0.717) is 0 Å². The molecule has 72 heavy (non-hydrogen) atoms. The Hall–Kier alpha value is -8.26. The van der Waals surface area contributed by atoms with Crippen LogP contribution >= 0.6 is 0 Å². The molecule has 0 fully saturated rings. The van der Waals surface area contributed by atoms with Crippen LogP contribution in [0.4, 0.5) is 17.1 Å². The summed E-state index contributed by atoms with van der Waals surface area (Å²) in [6.07, 6.45) is 10.9. The second-order valence-corrected chi connectivity index (χ2v) is 21.2. The molecule has 0 N–H and O–H groups in total. The molecule has 10 aromatic carbocycles. The molecule has 0 saturated heterocycles. The monoisotopic (exact) mass is 923 g/mol. The van der Waals surface area contributed by atoms with Gasteiger partial charge >= 0.3 is 0 Å². The molecule has 0 radical (unpaired) electrons. The van der Waals surface area contributed by atoms with Crippen molar-refractivity contribution in [3.8, 4) is 44.5 Å². The molecule has 0 aliphatic heterocycles. The molecule has 346 valence electrons. The van der Waals surface area contributed by atoms with E-state index in [1.54, 1.807) is 0 Å². The second-order valence-electron chi connectivity index (χ2n) is 21.2. The summed E-state index contributed by atoms with van der Waals surface area (Å²) >= 11 is 0. The molecule has 10 aromatic rings. The Morgan fingerprint density at radius 1 is 0.389 bits per heavy atom. The van der Waals surface area contributed by atoms with Crippen molar-refractivity contribution >= 4 is 38.6 Å². The van der Waals surface area contributed by atoms with Crippen molar-refractivity contribution < 1.29 is 0 Å². The lowest BCUT2D eigenvalue weighted by Crippen LogP contribution is -2.29. The molecule has 0 aromatic heterocycles. The van der Waals surface area contributed by atoms with Crippen molar-refractivity contribution in [2.24, 2.45) is 0 Å². The second kappa shape index (κ2) is 16.4. The van der Waals surface area contributed by atoms with Crippen molar-refractivity contribution in [2.75, 3.05) is 4.90 Å². The fourth-order valence-corrected chi connectivity index (χ4v) is 13.1. The lowest BCUT2D eigenvalue weighted by atomic mass is 9.67. The summed E-state index contributed by atoms with van der Waals surface area (Å²) in [4.78, 5) is 2.60. The highest BCUT2D eigenvalue weighted by molar-refractivity contribution is 6.10. The smallest absolute Gasteiger partial charge is 0.0674 e. The minimum absolute atomic E-state index is 0.193. The zero-order valence-electron chi connectivity index (χ0n) is 42.0. The van der Waals surface area contributed by atoms with Gasteiger partial charge in [-0.3, -0.25) is 0 Å². The molecule has 0 heterocycles. The Labute approximate surface area is 424 Å². The van der Waals surface area contributed by atoms with Crippen LogP contribution in [0.15, 0.2) is 242 Å². The topological polar surface area (TPSA) is 3.24 Å². The first kappa shape index (κ1) is 43.7. The number of hydrogen-bond donors (Lipinski definition) is 0. The Morgan fingerprint density at radius 3 is 1.56 bits per heavy atom. The van der Waals surface area contributed by atoms with E-state index in [1.165, 1.54) is 111 Å². The van der Waals surface area contributed by atoms with E-state index in [1.807, 2.05) is 0 Å². The summed E-state index contributed by atoms with van der Waals surface area (Å²) in [6, 6.07) is 78.5. The first-order chi connectivity index (χ1) is 35.1. The third-order valence-electron chi connectivity index (χ3n) is 16.7. The van der Waals surface area contributed by atoms with E-state index in [0.717, 1.165) is 17.1 Å². The minimum atomic E-state index is -0.588. The fourth-order valence-electron chi connectivity index (χ4n) is 13.1. The highest BCUT2D eigenvalue weighted by atomic mass is 15.1. The van der Waals surface area contributed by atoms with E-state index >= 15 is 0 Å². The van der Waals surface area contributed by atoms with Gasteiger partial charge in [0.2, 0.25) is 0 Å². The van der Waals surface area contributed by atoms with Gasteiger partial charge in [-0.1, -0.05) is 227 Å². The van der Waals surface area contributed by atoms with Gasteiger partial charge in [0.1, 0.15) is 0 Å². The van der Waals surface area contributed by atoms with Gasteiger partial charge in [0, 0.05) is 27.8 Å². The van der Waals surface area contributed by atoms with Gasteiger partial charge in [0.25, 0.3) is 0 Å². The molecule has 1 atom stereocenters. The number of allylic oxidation sites excluding steroid dienone is 6. The maximum atomic E-state index is 2.60. The SMILES string of the molecule is C\C=C/C=C\C=C(/C)C1(c2ccccc2)c2ccccc2-c2cc(-c3ccc4ccc5ccccc5c4c3)c(N(c3ccc4c(c3)C(C)(C)c3ccccc3-4)c3ccc4c(c3)C(C)(C)c3ccccc3-4)cc21. The summed E-state index contributed by atoms with van der Waals surface area (Å²) < 4.78 is 0. The van der Waals surface area contributed by atoms with Crippen LogP contribution in [0.3, 0.4) is 0 Å². The normalized spacial score (nSPS) is 16.7. The third kappa shape index (κ3) is 6.33. The summed E-state index contributed by atoms with van der Waals surface area (Å²) in [7, 11) is 0. The van der Waals surface area contributed by atoms with Crippen molar-refractivity contribution in [3.05, 3.63) is 281 Å². The first-order valence-corrected chi connectivity index (χ1v) is 25.6. The van der Waals surface area contributed by atoms with E-state index < -0.39 is 5.41 Å². The van der Waals surface area contributed by atoms with Crippen LogP contribution in [0.2, 0.25) is 0 Å². The van der Waals surface area contributed by atoms with E-state index in [-0.39, 0.29) is 10.8 Å². The van der Waals surface area contributed by atoms with Crippen molar-refractivity contribution in [1.29, 1.82) is 0 Å². The predicted octanol–water partition coefficient (Wildman–Crippen LogP) is 19.1. The average Bonchev–Trinajstić information content (AvgIpc) is 3.93. The van der Waals surface area contributed by atoms with Crippen molar-refractivity contribution in [1.82, 2.24) is 0 Å². The van der Waals surface area contributed by atoms with Gasteiger partial charge in [-0.2, -0.15) is 0 Å². The Balaban J connectivity index is 1.16. The standard InChI is InChI=1S/C71H57N/c1-7-8-9-11-22-46(2)71(50-24-12-10-13-25-50)64-32-21-18-29-56(64)61-44-60(49-36-35-48-34-33-47-23-14-15-26-53(47)59(48)41-49)68(45-67(61)71)72(51-37-39-57-54-27-16-19-30-62(54)69(3,4)65(57)42-51)52-38-40-58-55-28-17-20-31-63(55)70(5,6)66(58)43-52/h7-45H,1-6H3/b8-7-,11-9-,46-22+. The molecule has 3 aliphatic rings. The van der Waals surface area contributed by atoms with Crippen LogP contribution in [-0.2, 0) is 16.2 Å². The van der Waals surface area contributed by atoms with Gasteiger partial charge < -0.3 is 4.90 Å². The first-order valence-electron chi connectivity index (χ1n) is 25.6. The van der Waals surface area contributed by atoms with Gasteiger partial charge in [-0.25, -0.2) is 0 Å². The molecule has 0 amide bonds. The molecule has 1 nitrogen and oxygen atoms in total. The zero-order chi connectivity index (χ0) is 48.9. The molecule has 0 spiro atoms. The number of benzene rings is 10. The molecule has 1 heteroatoms. The Morgan fingerprint density at radius 2 is 0.917 bits per heavy atom. The quantitative estimate of drug-likeness (QED) is 0.108. The Kier molecular flexibility index (Phi) is 9.97. The molecule has 1 unspecified atom stereocenters. The number of hydrogen-bond acceptors (Lipinski definition) is 1. The molecule has 0 saturated carbocycles. The predicted molar refractivity (Wildman–Crippen MR) is 306 cm³/mol. The molecule has 0 bridgehead atoms. The van der Waals surface area contributed by atoms with Crippen LogP contribution in [0.25, 0.3) is 66.1 Å². The number of rotatable bonds is 8. The largest absolute Gasteiger partial charge is 0.310 e. The maximum Gasteiger partial charge on any atom is 0.0674 e. The molecular formula is C71H57N. The Bertz CT molecular complexity index is 3840. The molecule has 3 aliphatic carbocycles. The van der Waals surface area contributed by atoms with Crippen LogP contribution in [-0.4, -0.2) is 0 Å². The van der Waals surface area contributed by atoms with Crippen molar-refractivity contribution in [3.63, 3.8) is 0 Å². The molecule has 13 rings (SSSR count). The van der Waals surface area contributed by atoms with Crippen LogP contribution in [0.5, 0.6) is 0 Å². The van der Waals surface area contributed by atoms with E-state index in [4.69, 9.17) is 0 Å². The van der Waals surface area contributed by atoms with Crippen molar-refractivity contribution in [2.45, 2.75) is 57.8 Å². The highest BCUT2D eigenvalue weighted by Crippen LogP contribution is 2.60.